The zero-order valence-electron chi connectivity index (χ0n) is 16.0. The number of pyridine rings is 1. The number of aliphatic hydroxyl groups is 1. The molecule has 8 nitrogen and oxygen atoms in total. The average molecular weight is 386 g/mol. The molecule has 1 saturated carbocycles. The summed E-state index contributed by atoms with van der Waals surface area (Å²) >= 11 is 0. The summed E-state index contributed by atoms with van der Waals surface area (Å²) in [4.78, 5) is 47.3. The minimum absolute atomic E-state index is 0.00330. The van der Waals surface area contributed by atoms with Crippen molar-refractivity contribution in [1.82, 2.24) is 19.9 Å². The number of hydrogen-bond donors (Lipinski definition) is 3. The monoisotopic (exact) mass is 386 g/mol. The second kappa shape index (κ2) is 7.50. The highest BCUT2D eigenvalue weighted by Crippen LogP contribution is 2.37. The molecule has 0 radical (unpaired) electrons. The molecular weight excluding hydrogens is 360 g/mol. The van der Waals surface area contributed by atoms with E-state index in [1.165, 1.54) is 12.3 Å². The van der Waals surface area contributed by atoms with Crippen LogP contribution in [-0.2, 0) is 0 Å². The van der Waals surface area contributed by atoms with Crippen molar-refractivity contribution in [2.24, 2.45) is 11.8 Å². The van der Waals surface area contributed by atoms with Gasteiger partial charge in [-0.1, -0.05) is 6.92 Å². The molecule has 4 unspecified atom stereocenters. The highest BCUT2D eigenvalue weighted by atomic mass is 16.3. The Kier molecular flexibility index (Phi) is 5.05. The molecule has 8 heteroatoms. The Bertz CT molecular complexity index is 998. The number of fused-ring (bicyclic) bond motifs is 1. The number of nitrogens with one attached hydrogen (secondary N) is 2. The molecule has 28 heavy (non-hydrogen) atoms. The van der Waals surface area contributed by atoms with Crippen molar-refractivity contribution in [2.75, 3.05) is 6.54 Å². The first-order chi connectivity index (χ1) is 13.4. The van der Waals surface area contributed by atoms with Crippen molar-refractivity contribution < 1.29 is 9.90 Å². The minimum Gasteiger partial charge on any atom is -0.393 e. The maximum Gasteiger partial charge on any atom is 0.327 e. The van der Waals surface area contributed by atoms with Crippen LogP contribution in [0.4, 0.5) is 0 Å². The molecule has 1 aliphatic heterocycles. The third-order valence-electron chi connectivity index (χ3n) is 6.27. The number of piperidine rings is 1. The van der Waals surface area contributed by atoms with Crippen LogP contribution in [0.3, 0.4) is 0 Å². The Morgan fingerprint density at radius 2 is 2.04 bits per heavy atom. The van der Waals surface area contributed by atoms with Crippen molar-refractivity contribution in [2.45, 2.75) is 57.6 Å². The van der Waals surface area contributed by atoms with E-state index >= 15 is 0 Å². The molecule has 4 rings (SSSR count). The number of carbonyl (C=O) groups is 1. The summed E-state index contributed by atoms with van der Waals surface area (Å²) in [5.41, 5.74) is -0.694. The zero-order chi connectivity index (χ0) is 19.8. The smallest absolute Gasteiger partial charge is 0.327 e. The highest BCUT2D eigenvalue weighted by molar-refractivity contribution is 5.97. The first kappa shape index (κ1) is 18.9. The molecule has 2 aliphatic rings. The third kappa shape index (κ3) is 3.48. The Morgan fingerprint density at radius 1 is 1.21 bits per heavy atom. The molecule has 1 amide bonds. The van der Waals surface area contributed by atoms with Crippen LogP contribution in [0.5, 0.6) is 0 Å². The molecule has 2 aromatic rings. The molecule has 3 heterocycles. The minimum atomic E-state index is -0.624. The predicted octanol–water partition coefficient (Wildman–Crippen LogP) is 1.40. The van der Waals surface area contributed by atoms with E-state index in [2.05, 4.69) is 21.9 Å². The largest absolute Gasteiger partial charge is 0.393 e. The van der Waals surface area contributed by atoms with Gasteiger partial charge in [0.1, 0.15) is 5.65 Å². The number of aliphatic hydroxyl groups excluding tert-OH is 1. The van der Waals surface area contributed by atoms with E-state index in [-0.39, 0.29) is 35.0 Å². The average Bonchev–Trinajstić information content (AvgIpc) is 2.69. The highest BCUT2D eigenvalue weighted by Gasteiger charge is 2.39. The van der Waals surface area contributed by atoms with E-state index in [0.717, 1.165) is 38.5 Å². The van der Waals surface area contributed by atoms with E-state index in [0.29, 0.717) is 18.0 Å². The standard InChI is InChI=1S/C20H26N4O4/c1-11-5-6-16(25)13(8-11)15-4-2-3-7-24(15)19(27)12-9-14-17(21-10-12)22-20(28)23-18(14)26/h9-11,13,15-16,25H,2-8H2,1H3,(H2,21,22,23,26,28). The summed E-state index contributed by atoms with van der Waals surface area (Å²) < 4.78 is 0. The van der Waals surface area contributed by atoms with Crippen molar-refractivity contribution in [3.05, 3.63) is 38.7 Å². The number of likely N-dealkylation sites (tertiary alicyclic amines) is 1. The van der Waals surface area contributed by atoms with Gasteiger partial charge in [-0.3, -0.25) is 19.6 Å². The van der Waals surface area contributed by atoms with Gasteiger partial charge in [-0.25, -0.2) is 9.78 Å². The molecule has 150 valence electrons. The summed E-state index contributed by atoms with van der Waals surface area (Å²) in [5, 5.41) is 10.8. The van der Waals surface area contributed by atoms with Gasteiger partial charge in [-0.15, -0.1) is 0 Å². The normalized spacial score (nSPS) is 28.4. The van der Waals surface area contributed by atoms with Crippen LogP contribution in [0.1, 0.15) is 55.8 Å². The molecular formula is C20H26N4O4. The van der Waals surface area contributed by atoms with Gasteiger partial charge in [-0.2, -0.15) is 0 Å². The van der Waals surface area contributed by atoms with Gasteiger partial charge in [0.2, 0.25) is 0 Å². The fourth-order valence-corrected chi connectivity index (χ4v) is 4.81. The summed E-state index contributed by atoms with van der Waals surface area (Å²) in [5.74, 6) is 0.460. The second-order valence-corrected chi connectivity index (χ2v) is 8.24. The van der Waals surface area contributed by atoms with E-state index in [1.807, 2.05) is 4.90 Å². The lowest BCUT2D eigenvalue weighted by Gasteiger charge is -2.45. The number of rotatable bonds is 2. The van der Waals surface area contributed by atoms with E-state index in [9.17, 15) is 19.5 Å². The Hall–Kier alpha value is -2.48. The van der Waals surface area contributed by atoms with Crippen LogP contribution in [0, 0.1) is 11.8 Å². The summed E-state index contributed by atoms with van der Waals surface area (Å²) in [6.07, 6.45) is 6.61. The molecule has 1 aliphatic carbocycles. The maximum absolute atomic E-state index is 13.3. The van der Waals surface area contributed by atoms with Crippen LogP contribution in [0.15, 0.2) is 21.9 Å². The topological polar surface area (TPSA) is 119 Å². The van der Waals surface area contributed by atoms with Gasteiger partial charge in [0.15, 0.2) is 0 Å². The van der Waals surface area contributed by atoms with Gasteiger partial charge in [0.25, 0.3) is 11.5 Å². The number of nitrogens with zero attached hydrogens (tertiary/aromatic N) is 2. The second-order valence-electron chi connectivity index (χ2n) is 8.24. The molecule has 0 bridgehead atoms. The predicted molar refractivity (Wildman–Crippen MR) is 104 cm³/mol. The van der Waals surface area contributed by atoms with Crippen LogP contribution >= 0.6 is 0 Å². The lowest BCUT2D eigenvalue weighted by atomic mass is 9.74. The summed E-state index contributed by atoms with van der Waals surface area (Å²) in [6, 6.07) is 1.49. The SMILES string of the molecule is CC1CCC(O)C(C2CCCCN2C(=O)c2cnc3[nH]c(=O)[nH]c(=O)c3c2)C1. The van der Waals surface area contributed by atoms with Crippen LogP contribution < -0.4 is 11.2 Å². The van der Waals surface area contributed by atoms with E-state index in [4.69, 9.17) is 0 Å². The van der Waals surface area contributed by atoms with Crippen LogP contribution in [-0.4, -0.2) is 49.6 Å². The first-order valence-electron chi connectivity index (χ1n) is 10.1. The van der Waals surface area contributed by atoms with E-state index < -0.39 is 11.2 Å². The van der Waals surface area contributed by atoms with Crippen molar-refractivity contribution in [1.29, 1.82) is 0 Å². The molecule has 0 aromatic carbocycles. The van der Waals surface area contributed by atoms with Crippen molar-refractivity contribution >= 4 is 16.9 Å². The molecule has 2 aromatic heterocycles. The summed E-state index contributed by atoms with van der Waals surface area (Å²) in [7, 11) is 0. The maximum atomic E-state index is 13.3. The molecule has 1 saturated heterocycles. The van der Waals surface area contributed by atoms with Gasteiger partial charge in [0, 0.05) is 24.7 Å². The van der Waals surface area contributed by atoms with Gasteiger partial charge in [-0.05, 0) is 50.5 Å². The van der Waals surface area contributed by atoms with Gasteiger partial charge >= 0.3 is 5.69 Å². The Morgan fingerprint density at radius 3 is 2.86 bits per heavy atom. The summed E-state index contributed by atoms with van der Waals surface area (Å²) in [6.45, 7) is 2.84. The van der Waals surface area contributed by atoms with Crippen LogP contribution in [0.25, 0.3) is 11.0 Å². The first-order valence-corrected chi connectivity index (χ1v) is 10.1. The Balaban J connectivity index is 1.66. The number of aromatic amines is 2. The zero-order valence-corrected chi connectivity index (χ0v) is 16.0. The molecule has 2 fully saturated rings. The van der Waals surface area contributed by atoms with Crippen molar-refractivity contribution in [3.63, 3.8) is 0 Å². The quantitative estimate of drug-likeness (QED) is 0.721. The lowest BCUT2D eigenvalue weighted by Crippen LogP contribution is -2.51. The number of hydrogen-bond acceptors (Lipinski definition) is 5. The molecule has 0 spiro atoms. The molecule has 4 atom stereocenters. The fraction of sp³-hybridized carbons (Fsp3) is 0.600. The molecule has 3 N–H and O–H groups in total. The van der Waals surface area contributed by atoms with Gasteiger partial charge in [0.05, 0.1) is 17.1 Å². The van der Waals surface area contributed by atoms with E-state index in [1.54, 1.807) is 0 Å². The van der Waals surface area contributed by atoms with Gasteiger partial charge < -0.3 is 10.0 Å². The van der Waals surface area contributed by atoms with Crippen molar-refractivity contribution in [3.8, 4) is 0 Å². The fourth-order valence-electron chi connectivity index (χ4n) is 4.81. The number of carbonyl (C=O) groups excluding carboxylic acids is 1. The number of aromatic nitrogens is 3. The Labute approximate surface area is 162 Å². The van der Waals surface area contributed by atoms with Crippen LogP contribution in [0.2, 0.25) is 0 Å². The third-order valence-corrected chi connectivity index (χ3v) is 6.27. The number of H-pyrrole nitrogens is 2. The number of amides is 1. The lowest BCUT2D eigenvalue weighted by molar-refractivity contribution is -0.0121.